The van der Waals surface area contributed by atoms with Crippen molar-refractivity contribution in [1.82, 2.24) is 0 Å². The Bertz CT molecular complexity index is 910. The van der Waals surface area contributed by atoms with Crippen LogP contribution in [0.2, 0.25) is 0 Å². The van der Waals surface area contributed by atoms with Crippen molar-refractivity contribution >= 4 is 39.0 Å². The minimum atomic E-state index is 0.263. The molecule has 0 saturated heterocycles. The fourth-order valence-electron chi connectivity index (χ4n) is 2.68. The Morgan fingerprint density at radius 2 is 0.923 bits per heavy atom. The molecule has 0 aliphatic carbocycles. The van der Waals surface area contributed by atoms with Gasteiger partial charge in [-0.25, -0.2) is 0 Å². The Morgan fingerprint density at radius 3 is 1.38 bits per heavy atom. The van der Waals surface area contributed by atoms with Crippen molar-refractivity contribution in [2.24, 2.45) is 0 Å². The molecular weight excluding hydrogens is 358 g/mol. The average molecular weight is 376 g/mol. The first kappa shape index (κ1) is 17.0. The Labute approximate surface area is 156 Å². The normalized spacial score (nSPS) is 11.5. The van der Waals surface area contributed by atoms with Crippen molar-refractivity contribution in [2.75, 3.05) is 0 Å². The van der Waals surface area contributed by atoms with Crippen LogP contribution in [0.15, 0.2) is 97.1 Å². The van der Waals surface area contributed by atoms with E-state index in [1.807, 2.05) is 60.7 Å². The van der Waals surface area contributed by atoms with Crippen LogP contribution in [0.25, 0.3) is 10.8 Å². The van der Waals surface area contributed by atoms with E-state index in [-0.39, 0.29) is 17.6 Å². The van der Waals surface area contributed by atoms with Gasteiger partial charge in [-0.15, -0.1) is 0 Å². The fourth-order valence-corrected chi connectivity index (χ4v) is 4.14. The van der Waals surface area contributed by atoms with Gasteiger partial charge in [0.1, 0.15) is 29.1 Å². The molecule has 0 N–H and O–H groups in total. The summed E-state index contributed by atoms with van der Waals surface area (Å²) in [6, 6.07) is 32.7. The highest BCUT2D eigenvalue weighted by atomic mass is 31.1. The standard InChI is InChI=1S/C22H18O2P2/c1-3-11-18(12-4-1)25-23-20-15-7-9-17-10-8-16-21(22(17)20)24-26-19-13-5-2-6-14-19/h1-16,25-26H. The Kier molecular flexibility index (Phi) is 5.45. The molecule has 0 fully saturated rings. The van der Waals surface area contributed by atoms with Crippen LogP contribution in [0.5, 0.6) is 11.5 Å². The number of rotatable bonds is 6. The SMILES string of the molecule is c1ccc(POc2cccc3cccc(OPc4ccccc4)c23)cc1. The molecule has 0 spiro atoms. The summed E-state index contributed by atoms with van der Waals surface area (Å²) >= 11 is 0. The monoisotopic (exact) mass is 376 g/mol. The average Bonchev–Trinajstić information content (AvgIpc) is 2.72. The van der Waals surface area contributed by atoms with Gasteiger partial charge in [-0.1, -0.05) is 84.9 Å². The Hall–Kier alpha value is -2.40. The second-order valence-electron chi connectivity index (χ2n) is 5.75. The van der Waals surface area contributed by atoms with Gasteiger partial charge in [-0.2, -0.15) is 0 Å². The molecule has 0 aromatic heterocycles. The third-order valence-corrected chi connectivity index (χ3v) is 5.72. The molecule has 0 saturated carbocycles. The molecule has 0 radical (unpaired) electrons. The van der Waals surface area contributed by atoms with E-state index in [1.54, 1.807) is 0 Å². The number of hydrogen-bond acceptors (Lipinski definition) is 2. The van der Waals surface area contributed by atoms with E-state index < -0.39 is 0 Å². The predicted molar refractivity (Wildman–Crippen MR) is 114 cm³/mol. The van der Waals surface area contributed by atoms with Gasteiger partial charge in [0.05, 0.1) is 5.39 Å². The van der Waals surface area contributed by atoms with Gasteiger partial charge in [0.25, 0.3) is 0 Å². The van der Waals surface area contributed by atoms with Crippen molar-refractivity contribution in [3.63, 3.8) is 0 Å². The second-order valence-corrected chi connectivity index (χ2v) is 7.72. The molecule has 2 atom stereocenters. The summed E-state index contributed by atoms with van der Waals surface area (Å²) in [5.74, 6) is 1.72. The van der Waals surface area contributed by atoms with Gasteiger partial charge < -0.3 is 9.05 Å². The highest BCUT2D eigenvalue weighted by molar-refractivity contribution is 7.42. The van der Waals surface area contributed by atoms with Crippen LogP contribution in [-0.2, 0) is 0 Å². The summed E-state index contributed by atoms with van der Waals surface area (Å²) in [4.78, 5) is 0. The van der Waals surface area contributed by atoms with E-state index in [2.05, 4.69) is 36.4 Å². The minimum Gasteiger partial charge on any atom is -0.472 e. The molecule has 4 heteroatoms. The zero-order valence-electron chi connectivity index (χ0n) is 14.1. The molecule has 4 aromatic carbocycles. The van der Waals surface area contributed by atoms with Crippen molar-refractivity contribution in [1.29, 1.82) is 0 Å². The van der Waals surface area contributed by atoms with Crippen molar-refractivity contribution < 1.29 is 9.05 Å². The maximum Gasteiger partial charge on any atom is 0.134 e. The lowest BCUT2D eigenvalue weighted by molar-refractivity contribution is 0.626. The third-order valence-electron chi connectivity index (χ3n) is 3.93. The molecular formula is C22H18O2P2. The maximum absolute atomic E-state index is 6.15. The fraction of sp³-hybridized carbons (Fsp3) is 0. The van der Waals surface area contributed by atoms with Crippen molar-refractivity contribution in [3.05, 3.63) is 97.1 Å². The zero-order valence-corrected chi connectivity index (χ0v) is 16.1. The van der Waals surface area contributed by atoms with Crippen LogP contribution in [-0.4, -0.2) is 0 Å². The number of fused-ring (bicyclic) bond motifs is 1. The Balaban J connectivity index is 1.61. The quantitative estimate of drug-likeness (QED) is 0.418. The zero-order chi connectivity index (χ0) is 17.6. The predicted octanol–water partition coefficient (Wildman–Crippen LogP) is 5.44. The summed E-state index contributed by atoms with van der Waals surface area (Å²) in [6.07, 6.45) is 0. The van der Waals surface area contributed by atoms with Crippen LogP contribution in [0.1, 0.15) is 0 Å². The van der Waals surface area contributed by atoms with E-state index in [1.165, 1.54) is 10.6 Å². The Morgan fingerprint density at radius 1 is 0.462 bits per heavy atom. The number of hydrogen-bond donors (Lipinski definition) is 0. The maximum atomic E-state index is 6.15. The minimum absolute atomic E-state index is 0.263. The van der Waals surface area contributed by atoms with Gasteiger partial charge in [0.15, 0.2) is 0 Å². The molecule has 0 aliphatic heterocycles. The van der Waals surface area contributed by atoms with E-state index in [0.717, 1.165) is 22.3 Å². The van der Waals surface area contributed by atoms with E-state index in [9.17, 15) is 0 Å². The summed E-state index contributed by atoms with van der Waals surface area (Å²) in [5.41, 5.74) is 0. The molecule has 4 aromatic rings. The summed E-state index contributed by atoms with van der Waals surface area (Å²) in [6.45, 7) is 0. The third kappa shape index (κ3) is 4.05. The van der Waals surface area contributed by atoms with Crippen LogP contribution < -0.4 is 19.7 Å². The smallest absolute Gasteiger partial charge is 0.134 e. The number of benzene rings is 4. The second kappa shape index (κ2) is 8.32. The molecule has 0 aliphatic rings. The first-order chi connectivity index (χ1) is 12.9. The molecule has 2 nitrogen and oxygen atoms in total. The van der Waals surface area contributed by atoms with E-state index >= 15 is 0 Å². The van der Waals surface area contributed by atoms with Gasteiger partial charge >= 0.3 is 0 Å². The summed E-state index contributed by atoms with van der Waals surface area (Å²) in [5, 5.41) is 4.50. The lowest BCUT2D eigenvalue weighted by atomic mass is 10.1. The van der Waals surface area contributed by atoms with E-state index in [4.69, 9.17) is 9.05 Å². The van der Waals surface area contributed by atoms with Crippen LogP contribution >= 0.6 is 17.6 Å². The summed E-state index contributed by atoms with van der Waals surface area (Å²) in [7, 11) is 0.526. The van der Waals surface area contributed by atoms with E-state index in [0.29, 0.717) is 0 Å². The van der Waals surface area contributed by atoms with Crippen LogP contribution in [0.4, 0.5) is 0 Å². The first-order valence-electron chi connectivity index (χ1n) is 8.38. The topological polar surface area (TPSA) is 18.5 Å². The first-order valence-corrected chi connectivity index (χ1v) is 10.2. The molecule has 0 bridgehead atoms. The molecule has 0 heterocycles. The van der Waals surface area contributed by atoms with Crippen LogP contribution in [0.3, 0.4) is 0 Å². The molecule has 0 amide bonds. The van der Waals surface area contributed by atoms with Gasteiger partial charge in [-0.3, -0.25) is 0 Å². The van der Waals surface area contributed by atoms with Gasteiger partial charge in [0, 0.05) is 10.6 Å². The summed E-state index contributed by atoms with van der Waals surface area (Å²) < 4.78 is 12.3. The van der Waals surface area contributed by atoms with Crippen molar-refractivity contribution in [2.45, 2.75) is 0 Å². The van der Waals surface area contributed by atoms with Crippen LogP contribution in [0, 0.1) is 0 Å². The van der Waals surface area contributed by atoms with Gasteiger partial charge in [0.2, 0.25) is 0 Å². The highest BCUT2D eigenvalue weighted by Gasteiger charge is 2.09. The molecule has 2 unspecified atom stereocenters. The lowest BCUT2D eigenvalue weighted by Gasteiger charge is -2.13. The van der Waals surface area contributed by atoms with Gasteiger partial charge in [-0.05, 0) is 17.5 Å². The molecule has 128 valence electrons. The van der Waals surface area contributed by atoms with Crippen molar-refractivity contribution in [3.8, 4) is 11.5 Å². The highest BCUT2D eigenvalue weighted by Crippen LogP contribution is 2.38. The molecule has 26 heavy (non-hydrogen) atoms. The molecule has 4 rings (SSSR count). The largest absolute Gasteiger partial charge is 0.472 e. The lowest BCUT2D eigenvalue weighted by Crippen LogP contribution is -1.97.